The average molecular weight is 322 g/mol. The normalized spacial score (nSPS) is 10.8. The Kier molecular flexibility index (Phi) is 6.08. The van der Waals surface area contributed by atoms with Gasteiger partial charge in [0.15, 0.2) is 6.20 Å². The Balaban J connectivity index is 0.000000255. The van der Waals surface area contributed by atoms with E-state index in [0.29, 0.717) is 5.56 Å². The molecule has 2 N–H and O–H groups in total. The van der Waals surface area contributed by atoms with Crippen LogP contribution in [0.4, 0.5) is 0 Å². The largest absolute Gasteiger partial charge is 0.748 e. The summed E-state index contributed by atoms with van der Waals surface area (Å²) < 4.78 is 33.4. The molecule has 2 rings (SSSR count). The fourth-order valence-corrected chi connectivity index (χ4v) is 3.04. The van der Waals surface area contributed by atoms with Crippen molar-refractivity contribution in [3.8, 4) is 0 Å². The van der Waals surface area contributed by atoms with Gasteiger partial charge in [0.2, 0.25) is 6.20 Å². The van der Waals surface area contributed by atoms with Gasteiger partial charge in [0.05, 0.1) is 15.9 Å². The van der Waals surface area contributed by atoms with Crippen molar-refractivity contribution in [2.45, 2.75) is 33.4 Å². The van der Waals surface area contributed by atoms with Crippen molar-refractivity contribution < 1.29 is 17.6 Å². The molecular formula is C16H22N2O3S. The maximum absolute atomic E-state index is 10.6. The van der Waals surface area contributed by atoms with Gasteiger partial charge < -0.3 is 4.55 Å². The van der Waals surface area contributed by atoms with Crippen molar-refractivity contribution in [1.29, 1.82) is 0 Å². The molecule has 0 unspecified atom stereocenters. The molecule has 5 nitrogen and oxygen atoms in total. The van der Waals surface area contributed by atoms with E-state index >= 15 is 0 Å². The Hall–Kier alpha value is -1.92. The highest BCUT2D eigenvalue weighted by molar-refractivity contribution is 7.84. The molecule has 1 aromatic carbocycles. The molecule has 22 heavy (non-hydrogen) atoms. The quantitative estimate of drug-likeness (QED) is 0.517. The van der Waals surface area contributed by atoms with Gasteiger partial charge in [-0.1, -0.05) is 22.4 Å². The van der Waals surface area contributed by atoms with Gasteiger partial charge in [-0.15, -0.1) is 0 Å². The molecule has 0 aliphatic rings. The van der Waals surface area contributed by atoms with Crippen molar-refractivity contribution >= 4 is 10.1 Å². The Morgan fingerprint density at radius 2 is 1.64 bits per heavy atom. The molecule has 1 heterocycles. The number of benzene rings is 1. The van der Waals surface area contributed by atoms with Crippen molar-refractivity contribution in [3.05, 3.63) is 64.5 Å². The number of nitrogens with two attached hydrogens (primary N) is 1. The number of nitrogen functional groups attached to an aromatic ring is 1. The Morgan fingerprint density at radius 1 is 1.09 bits per heavy atom. The number of pyridine rings is 1. The van der Waals surface area contributed by atoms with Crippen LogP contribution in [0.2, 0.25) is 0 Å². The average Bonchev–Trinajstić information content (AvgIpc) is 2.33. The third-order valence-corrected chi connectivity index (χ3v) is 3.77. The lowest BCUT2D eigenvalue weighted by molar-refractivity contribution is -0.639. The van der Waals surface area contributed by atoms with Gasteiger partial charge >= 0.3 is 0 Å². The van der Waals surface area contributed by atoms with E-state index in [1.54, 1.807) is 6.20 Å². The van der Waals surface area contributed by atoms with Gasteiger partial charge in [0.25, 0.3) is 0 Å². The monoisotopic (exact) mass is 322 g/mol. The molecule has 2 aromatic rings. The van der Waals surface area contributed by atoms with Crippen LogP contribution in [0.1, 0.15) is 27.8 Å². The highest BCUT2D eigenvalue weighted by atomic mass is 32.2. The number of nitrogens with zero attached hydrogens (tertiary/aromatic N) is 1. The molecule has 120 valence electrons. The summed E-state index contributed by atoms with van der Waals surface area (Å²) in [5.41, 5.74) is 4.61. The summed E-state index contributed by atoms with van der Waals surface area (Å²) in [6, 6.07) is 7.68. The maximum atomic E-state index is 10.6. The minimum Gasteiger partial charge on any atom is -0.748 e. The lowest BCUT2D eigenvalue weighted by Gasteiger charge is -2.13. The summed E-state index contributed by atoms with van der Waals surface area (Å²) in [5.74, 6) is 4.96. The van der Waals surface area contributed by atoms with Crippen molar-refractivity contribution in [1.82, 2.24) is 0 Å². The molecule has 6 heteroatoms. The number of rotatable bonds is 2. The number of aromatic nitrogens is 1. The molecule has 0 bridgehead atoms. The highest BCUT2D eigenvalue weighted by Gasteiger charge is 2.06. The topological polar surface area (TPSA) is 87.1 Å². The van der Waals surface area contributed by atoms with Crippen LogP contribution in [0.25, 0.3) is 0 Å². The lowest BCUT2D eigenvalue weighted by atomic mass is 10.0. The first-order valence-electron chi connectivity index (χ1n) is 6.82. The van der Waals surface area contributed by atoms with E-state index in [1.165, 1.54) is 10.2 Å². The maximum Gasteiger partial charge on any atom is 0.202 e. The van der Waals surface area contributed by atoms with Crippen molar-refractivity contribution in [2.24, 2.45) is 0 Å². The zero-order valence-corrected chi connectivity index (χ0v) is 14.1. The van der Waals surface area contributed by atoms with E-state index in [9.17, 15) is 13.0 Å². The fourth-order valence-electron chi connectivity index (χ4n) is 2.23. The summed E-state index contributed by atoms with van der Waals surface area (Å²) in [5, 5.41) is 0. The Bertz CT molecular complexity index is 715. The molecule has 0 saturated carbocycles. The summed E-state index contributed by atoms with van der Waals surface area (Å²) in [7, 11) is -4.19. The molecule has 0 aliphatic heterocycles. The van der Waals surface area contributed by atoms with E-state index < -0.39 is 15.9 Å². The standard InChI is InChI=1S/C10H14O3S.C6H9N2/c1-7-4-8(2)10(9(3)5-7)6-14(11,12)13;1-6-3-2-4-8(7)5-6/h4-5H,6H2,1-3H3,(H,11,12,13);2-5H,7H2,1H3/q;+1/p-1. The number of hydrogen-bond acceptors (Lipinski definition) is 4. The first kappa shape index (κ1) is 18.1. The minimum atomic E-state index is -4.19. The predicted octanol–water partition coefficient (Wildman–Crippen LogP) is 1.65. The predicted molar refractivity (Wildman–Crippen MR) is 85.6 cm³/mol. The van der Waals surface area contributed by atoms with Gasteiger partial charge in [-0.2, -0.15) is 0 Å². The van der Waals surface area contributed by atoms with Crippen molar-refractivity contribution in [2.75, 3.05) is 5.84 Å². The van der Waals surface area contributed by atoms with Gasteiger partial charge in [-0.25, -0.2) is 14.3 Å². The third-order valence-electron chi connectivity index (χ3n) is 3.13. The van der Waals surface area contributed by atoms with Crippen LogP contribution >= 0.6 is 0 Å². The van der Waals surface area contributed by atoms with Gasteiger partial charge in [0, 0.05) is 11.6 Å². The second kappa shape index (κ2) is 7.38. The first-order chi connectivity index (χ1) is 10.1. The molecule has 0 saturated heterocycles. The Morgan fingerprint density at radius 3 is 2.00 bits per heavy atom. The first-order valence-corrected chi connectivity index (χ1v) is 8.39. The number of hydrogen-bond donors (Lipinski definition) is 1. The molecule has 0 radical (unpaired) electrons. The van der Waals surface area contributed by atoms with Crippen LogP contribution in [-0.2, 0) is 15.9 Å². The lowest BCUT2D eigenvalue weighted by Crippen LogP contribution is -2.43. The van der Waals surface area contributed by atoms with Crippen LogP contribution in [-0.4, -0.2) is 13.0 Å². The van der Waals surface area contributed by atoms with Gasteiger partial charge in [0.1, 0.15) is 0 Å². The smallest absolute Gasteiger partial charge is 0.202 e. The molecule has 0 aliphatic carbocycles. The molecule has 0 spiro atoms. The molecular weight excluding hydrogens is 300 g/mol. The van der Waals surface area contributed by atoms with Crippen LogP contribution in [0.3, 0.4) is 0 Å². The second-order valence-electron chi connectivity index (χ2n) is 5.41. The minimum absolute atomic E-state index is 0.412. The zero-order valence-electron chi connectivity index (χ0n) is 13.3. The van der Waals surface area contributed by atoms with E-state index in [1.807, 2.05) is 58.2 Å². The van der Waals surface area contributed by atoms with E-state index in [4.69, 9.17) is 5.84 Å². The SMILES string of the molecule is Cc1cc(C)c(CS(=O)(=O)[O-])c(C)c1.Cc1ccc[n+](N)c1. The van der Waals surface area contributed by atoms with Crippen LogP contribution in [0.15, 0.2) is 36.7 Å². The summed E-state index contributed by atoms with van der Waals surface area (Å²) in [4.78, 5) is 0. The van der Waals surface area contributed by atoms with E-state index in [2.05, 4.69) is 0 Å². The molecule has 0 atom stereocenters. The van der Waals surface area contributed by atoms with Crippen molar-refractivity contribution in [3.63, 3.8) is 0 Å². The second-order valence-corrected chi connectivity index (χ2v) is 6.81. The third kappa shape index (κ3) is 6.24. The molecule has 0 fully saturated rings. The summed E-state index contributed by atoms with van der Waals surface area (Å²) in [6.45, 7) is 7.58. The molecule has 1 aromatic heterocycles. The van der Waals surface area contributed by atoms with Crippen LogP contribution in [0.5, 0.6) is 0 Å². The van der Waals surface area contributed by atoms with Crippen LogP contribution in [0, 0.1) is 27.7 Å². The Labute approximate surface area is 132 Å². The zero-order chi connectivity index (χ0) is 16.9. The van der Waals surface area contributed by atoms with Gasteiger partial charge in [-0.3, -0.25) is 0 Å². The van der Waals surface area contributed by atoms with E-state index in [-0.39, 0.29) is 0 Å². The highest BCUT2D eigenvalue weighted by Crippen LogP contribution is 2.18. The number of aryl methyl sites for hydroxylation is 4. The summed E-state index contributed by atoms with van der Waals surface area (Å²) >= 11 is 0. The van der Waals surface area contributed by atoms with Crippen LogP contribution < -0.4 is 10.5 Å². The van der Waals surface area contributed by atoms with Gasteiger partial charge in [-0.05, 0) is 50.5 Å². The van der Waals surface area contributed by atoms with E-state index in [0.717, 1.165) is 16.7 Å². The molecule has 0 amide bonds. The summed E-state index contributed by atoms with van der Waals surface area (Å²) in [6.07, 6.45) is 3.66. The fraction of sp³-hybridized carbons (Fsp3) is 0.312.